The molecule has 1 aromatic rings. The molecule has 2 fully saturated rings. The van der Waals surface area contributed by atoms with Gasteiger partial charge in [-0.1, -0.05) is 12.2 Å². The molecule has 0 bridgehead atoms. The zero-order valence-corrected chi connectivity index (χ0v) is 18.7. The number of hydrogen-bond acceptors (Lipinski definition) is 8. The summed E-state index contributed by atoms with van der Waals surface area (Å²) in [4.78, 5) is 37.2. The fraction of sp³-hybridized carbons (Fsp3) is 0.500. The molecule has 0 unspecified atom stereocenters. The molecule has 33 heavy (non-hydrogen) atoms. The van der Waals surface area contributed by atoms with E-state index in [1.54, 1.807) is 6.92 Å². The van der Waals surface area contributed by atoms with Gasteiger partial charge in [0.15, 0.2) is 5.60 Å². The first kappa shape index (κ1) is 23.4. The summed E-state index contributed by atoms with van der Waals surface area (Å²) in [6.07, 6.45) is 5.19. The number of fused-ring (bicyclic) bond motifs is 1. The molecule has 1 amide bonds. The van der Waals surface area contributed by atoms with Crippen molar-refractivity contribution in [3.63, 3.8) is 0 Å². The minimum atomic E-state index is -4.38. The molecule has 0 saturated carbocycles. The average molecular weight is 480 g/mol. The third-order valence-corrected chi connectivity index (χ3v) is 7.75. The Morgan fingerprint density at radius 3 is 2.58 bits per heavy atom. The highest BCUT2D eigenvalue weighted by molar-refractivity contribution is 7.85. The number of nitrogens with one attached hydrogen (secondary N) is 1. The van der Waals surface area contributed by atoms with Crippen LogP contribution >= 0.6 is 0 Å². The maximum absolute atomic E-state index is 12.8. The third-order valence-electron chi connectivity index (χ3n) is 6.88. The Hall–Kier alpha value is -2.76. The molecule has 10 nitrogen and oxygen atoms in total. The standard InChI is InChI=1S/C22H25NO9S/c1-21-16(11-12-31-19(26)14-7-9-15(10-8-14)33(28,29)30)18(25)23-22(21,20(27)32-21)17(24)13-5-3-2-4-6-13/h3,5,7-10,13,16-17,24H,2,4,6,11-12H2,1H3,(H,23,25)(H,28,29,30)/t13-,16+,17+,21+,22+/m1/s1. The topological polar surface area (TPSA) is 156 Å². The van der Waals surface area contributed by atoms with Gasteiger partial charge in [0.05, 0.1) is 29.1 Å². The van der Waals surface area contributed by atoms with Crippen molar-refractivity contribution in [3.05, 3.63) is 42.0 Å². The van der Waals surface area contributed by atoms with Crippen LogP contribution < -0.4 is 5.32 Å². The molecule has 0 spiro atoms. The van der Waals surface area contributed by atoms with Gasteiger partial charge in [-0.15, -0.1) is 0 Å². The second-order valence-electron chi connectivity index (χ2n) is 8.74. The van der Waals surface area contributed by atoms with Crippen molar-refractivity contribution in [2.75, 3.05) is 6.61 Å². The van der Waals surface area contributed by atoms with Crippen LogP contribution in [-0.2, 0) is 29.2 Å². The van der Waals surface area contributed by atoms with E-state index in [2.05, 4.69) is 5.32 Å². The summed E-state index contributed by atoms with van der Waals surface area (Å²) in [5.74, 6) is -3.00. The number of esters is 2. The summed E-state index contributed by atoms with van der Waals surface area (Å²) < 4.78 is 41.8. The number of hydrogen-bond donors (Lipinski definition) is 3. The molecule has 2 aliphatic heterocycles. The lowest BCUT2D eigenvalue weighted by atomic mass is 9.64. The number of carbonyl (C=O) groups excluding carboxylic acids is 3. The van der Waals surface area contributed by atoms with E-state index in [-0.39, 0.29) is 29.4 Å². The van der Waals surface area contributed by atoms with Crippen molar-refractivity contribution >= 4 is 28.0 Å². The van der Waals surface area contributed by atoms with E-state index in [1.165, 1.54) is 12.1 Å². The lowest BCUT2D eigenvalue weighted by Gasteiger charge is -2.54. The molecule has 4 rings (SSSR count). The first-order valence-corrected chi connectivity index (χ1v) is 12.1. The largest absolute Gasteiger partial charge is 0.462 e. The van der Waals surface area contributed by atoms with Gasteiger partial charge >= 0.3 is 11.9 Å². The zero-order valence-electron chi connectivity index (χ0n) is 17.9. The van der Waals surface area contributed by atoms with Crippen LogP contribution in [0.4, 0.5) is 0 Å². The van der Waals surface area contributed by atoms with Crippen LogP contribution in [0.15, 0.2) is 41.3 Å². The molecule has 0 radical (unpaired) electrons. The van der Waals surface area contributed by atoms with Crippen LogP contribution in [0.1, 0.15) is 43.0 Å². The van der Waals surface area contributed by atoms with Crippen LogP contribution in [0, 0.1) is 11.8 Å². The highest BCUT2D eigenvalue weighted by atomic mass is 32.2. The van der Waals surface area contributed by atoms with Crippen LogP contribution in [0.2, 0.25) is 0 Å². The molecule has 2 saturated heterocycles. The normalized spacial score (nSPS) is 31.7. The van der Waals surface area contributed by atoms with E-state index in [0.717, 1.165) is 25.0 Å². The van der Waals surface area contributed by atoms with E-state index in [9.17, 15) is 27.9 Å². The Morgan fingerprint density at radius 2 is 2.00 bits per heavy atom. The molecule has 0 aromatic heterocycles. The lowest BCUT2D eigenvalue weighted by Crippen LogP contribution is -2.80. The minimum Gasteiger partial charge on any atom is -0.462 e. The lowest BCUT2D eigenvalue weighted by molar-refractivity contribution is -0.238. The van der Waals surface area contributed by atoms with E-state index < -0.39 is 51.1 Å². The molecule has 1 aliphatic carbocycles. The van der Waals surface area contributed by atoms with E-state index >= 15 is 0 Å². The van der Waals surface area contributed by atoms with E-state index in [4.69, 9.17) is 14.0 Å². The van der Waals surface area contributed by atoms with Gasteiger partial charge < -0.3 is 19.9 Å². The molecule has 11 heteroatoms. The van der Waals surface area contributed by atoms with Crippen molar-refractivity contribution in [2.24, 2.45) is 11.8 Å². The average Bonchev–Trinajstić information content (AvgIpc) is 2.96. The first-order valence-electron chi connectivity index (χ1n) is 10.7. The zero-order chi connectivity index (χ0) is 24.0. The van der Waals surface area contributed by atoms with Gasteiger partial charge in [0.2, 0.25) is 11.4 Å². The summed E-state index contributed by atoms with van der Waals surface area (Å²) in [6, 6.07) is 4.53. The van der Waals surface area contributed by atoms with Crippen LogP contribution in [0.3, 0.4) is 0 Å². The number of amides is 1. The summed E-state index contributed by atoms with van der Waals surface area (Å²) in [7, 11) is -4.38. The first-order chi connectivity index (χ1) is 15.5. The fourth-order valence-corrected chi connectivity index (χ4v) is 5.48. The van der Waals surface area contributed by atoms with Crippen molar-refractivity contribution < 1.29 is 41.9 Å². The number of aliphatic hydroxyl groups excluding tert-OH is 1. The van der Waals surface area contributed by atoms with Gasteiger partial charge in [-0.3, -0.25) is 9.35 Å². The number of ether oxygens (including phenoxy) is 2. The van der Waals surface area contributed by atoms with Crippen molar-refractivity contribution in [2.45, 2.75) is 54.7 Å². The van der Waals surface area contributed by atoms with Crippen molar-refractivity contribution in [1.82, 2.24) is 5.32 Å². The van der Waals surface area contributed by atoms with E-state index in [1.807, 2.05) is 12.2 Å². The van der Waals surface area contributed by atoms with E-state index in [0.29, 0.717) is 6.42 Å². The molecular weight excluding hydrogens is 454 g/mol. The summed E-state index contributed by atoms with van der Waals surface area (Å²) in [6.45, 7) is 1.43. The van der Waals surface area contributed by atoms with Crippen LogP contribution in [-0.4, -0.2) is 59.8 Å². The van der Waals surface area contributed by atoms with Crippen molar-refractivity contribution in [1.29, 1.82) is 0 Å². The highest BCUT2D eigenvalue weighted by Crippen LogP contribution is 2.53. The SMILES string of the molecule is C[C@@]12OC(=O)[C@]1([C@@H](O)[C@@H]1C=CCCC1)NC(=O)[C@@H]2CCOC(=O)c1ccc(S(=O)(=O)O)cc1. The van der Waals surface area contributed by atoms with Gasteiger partial charge in [0.25, 0.3) is 10.1 Å². The number of benzene rings is 1. The monoisotopic (exact) mass is 479 g/mol. The Bertz CT molecular complexity index is 1110. The summed E-state index contributed by atoms with van der Waals surface area (Å²) in [5.41, 5.74) is -2.76. The second kappa shape index (κ2) is 8.23. The number of rotatable bonds is 7. The van der Waals surface area contributed by atoms with Gasteiger partial charge in [-0.2, -0.15) is 8.42 Å². The third kappa shape index (κ3) is 3.73. The smallest absolute Gasteiger partial charge is 0.339 e. The molecule has 178 valence electrons. The number of carbonyl (C=O) groups is 3. The Labute approximate surface area is 190 Å². The molecular formula is C22H25NO9S. The van der Waals surface area contributed by atoms with Gasteiger partial charge in [0.1, 0.15) is 0 Å². The molecule has 2 heterocycles. The van der Waals surface area contributed by atoms with Crippen LogP contribution in [0.5, 0.6) is 0 Å². The fourth-order valence-electron chi connectivity index (χ4n) is 5.00. The van der Waals surface area contributed by atoms with Gasteiger partial charge in [-0.25, -0.2) is 9.59 Å². The molecule has 5 atom stereocenters. The van der Waals surface area contributed by atoms with Gasteiger partial charge in [-0.05, 0) is 56.9 Å². The highest BCUT2D eigenvalue weighted by Gasteiger charge is 2.79. The van der Waals surface area contributed by atoms with Gasteiger partial charge in [0, 0.05) is 5.92 Å². The summed E-state index contributed by atoms with van der Waals surface area (Å²) in [5, 5.41) is 13.7. The quantitative estimate of drug-likeness (QED) is 0.295. The van der Waals surface area contributed by atoms with Crippen LogP contribution in [0.25, 0.3) is 0 Å². The molecule has 3 N–H and O–H groups in total. The number of allylic oxidation sites excluding steroid dienone is 1. The summed E-state index contributed by atoms with van der Waals surface area (Å²) >= 11 is 0. The Balaban J connectivity index is 1.42. The second-order valence-corrected chi connectivity index (χ2v) is 10.2. The Kier molecular flexibility index (Phi) is 5.83. The number of aliphatic hydroxyl groups is 1. The predicted octanol–water partition coefficient (Wildman–Crippen LogP) is 0.998. The molecule has 1 aromatic carbocycles. The minimum absolute atomic E-state index is 0.0550. The molecule has 3 aliphatic rings. The maximum atomic E-state index is 12.8. The predicted molar refractivity (Wildman–Crippen MR) is 113 cm³/mol. The Morgan fingerprint density at radius 1 is 1.30 bits per heavy atom. The van der Waals surface area contributed by atoms with Crippen molar-refractivity contribution in [3.8, 4) is 0 Å². The maximum Gasteiger partial charge on any atom is 0.339 e.